The average molecular weight is 1370 g/mol. The number of aliphatic hydroxyl groups excluding tert-OH is 13. The van der Waals surface area contributed by atoms with Gasteiger partial charge in [-0.3, -0.25) is 4.18 Å². The van der Waals surface area contributed by atoms with E-state index in [0.29, 0.717) is 19.3 Å². The Kier molecular flexibility index (Phi) is 23.2. The fraction of sp³-hybridized carbons (Fsp3) is 0.967. The van der Waals surface area contributed by atoms with Gasteiger partial charge in [0.15, 0.2) is 37.7 Å². The molecule has 31 nitrogen and oxygen atoms in total. The Hall–Kier alpha value is -0.470. The van der Waals surface area contributed by atoms with Crippen LogP contribution in [0.2, 0.25) is 0 Å². The van der Waals surface area contributed by atoms with E-state index in [0.717, 1.165) is 12.8 Å². The van der Waals surface area contributed by atoms with Gasteiger partial charge in [-0.05, 0) is 120 Å². The SMILES string of the molecule is CC(C)[C@H]1O[C@H]1[C@](C)(O)[C@H]1CC[C@H]2C3C[C@H](O[C@@H]4O[C@H](C)[C@@H](O)[C@H](O[C@@H]5OC[C@@H](O[C@@H]6O[C@H](C)[C@@H](O)[C@H](O)[C@H]6O[C@@H]6O[C@H](C)[C@H](O)[C@H](O[C@@H]7OC[C@@H](O)[C@H](O)[C@H]7O)[C@H]6O)[C@H](O)[C@H]5O[C@@H]5O[C@H](C)[C@@H](O)[C@H](O)[C@H]5O)[C@H]4O)[C@H]4C[C@@H](OS(=O)(=O)[O-])CC[C@]4(C)C3=CC[C@]12C.[Na+]. The van der Waals surface area contributed by atoms with Crippen molar-refractivity contribution in [2.45, 2.75) is 309 Å². The van der Waals surface area contributed by atoms with Crippen molar-refractivity contribution in [3.8, 4) is 0 Å². The number of ether oxygens (including phenoxy) is 13. The van der Waals surface area contributed by atoms with Gasteiger partial charge in [-0.2, -0.15) is 0 Å². The van der Waals surface area contributed by atoms with Crippen molar-refractivity contribution in [1.82, 2.24) is 0 Å². The van der Waals surface area contributed by atoms with Crippen LogP contribution < -0.4 is 29.6 Å². The molecule has 14 N–H and O–H groups in total. The first-order chi connectivity index (χ1) is 43.1. The van der Waals surface area contributed by atoms with E-state index in [9.17, 15) is 84.5 Å². The van der Waals surface area contributed by atoms with E-state index in [1.807, 2.05) is 6.92 Å². The standard InChI is InChI=1S/C60H98O31S.Na/c1-20(2)46-51(86-46)60(9,74)33-11-10-27-26-17-31(29-16-25(91-92(75,76)77)12-14-58(29,7)28(26)13-15-59(27,33)8)84-54-44(72)48(37(65)23(5)81-54)88-56-49(89-53-43(71)40(68)34(62)21(3)80-53)39(67)32(19-79-56)85-57-50(41(69)35(63)22(4)83-57)90-55-45(73)47(36(64)24(6)82-55)87-52-42(70)38(66)30(61)18-78-52;/h13,20-27,29-57,61-74H,10-12,14-19H2,1-9H3,(H,75,76,77);/q;+1/p-1/t21-,22-,23-,24-,25+,26?,27+,29-,30-,31+,32-,33+,34-,35-,36+,37-,38+,39+,40+,41+,42-,43-,44-,45-,46-,47+,48+,49-,50-,51-,52+,53+,54+,55+,56+,57+,58-,59+,60-;/m1./s1. The number of rotatable bonds is 17. The largest absolute Gasteiger partial charge is 1.00 e. The van der Waals surface area contributed by atoms with Crippen molar-refractivity contribution < 1.29 is 180 Å². The second-order valence-corrected chi connectivity index (χ2v) is 29.8. The van der Waals surface area contributed by atoms with Gasteiger partial charge < -0.3 is 138 Å². The number of allylic oxidation sites excluding steroid dienone is 2. The van der Waals surface area contributed by atoms with Crippen LogP contribution in [-0.2, 0) is 76.2 Å². The molecule has 0 aromatic heterocycles. The molecule has 33 heteroatoms. The molecule has 10 fully saturated rings. The summed E-state index contributed by atoms with van der Waals surface area (Å²) in [5.74, 6) is -0.508. The first-order valence-corrected chi connectivity index (χ1v) is 33.7. The summed E-state index contributed by atoms with van der Waals surface area (Å²) in [6.07, 6.45) is -44.0. The van der Waals surface area contributed by atoms with Crippen molar-refractivity contribution in [2.24, 2.45) is 40.4 Å². The van der Waals surface area contributed by atoms with Crippen LogP contribution in [-0.4, -0.2) is 300 Å². The van der Waals surface area contributed by atoms with E-state index in [1.54, 1.807) is 0 Å². The van der Waals surface area contributed by atoms with Gasteiger partial charge in [0, 0.05) is 0 Å². The minimum Gasteiger partial charge on any atom is -0.726 e. The number of aliphatic hydroxyl groups is 14. The van der Waals surface area contributed by atoms with E-state index >= 15 is 0 Å². The zero-order valence-electron chi connectivity index (χ0n) is 53.9. The van der Waals surface area contributed by atoms with Gasteiger partial charge in [0.25, 0.3) is 0 Å². The molecular weight excluding hydrogens is 1270 g/mol. The molecule has 0 bridgehead atoms. The molecule has 7 heterocycles. The predicted octanol–water partition coefficient (Wildman–Crippen LogP) is -7.11. The van der Waals surface area contributed by atoms with Gasteiger partial charge in [0.05, 0.1) is 61.5 Å². The van der Waals surface area contributed by atoms with Crippen molar-refractivity contribution in [3.63, 3.8) is 0 Å². The van der Waals surface area contributed by atoms with Crippen LogP contribution >= 0.6 is 0 Å². The maximum Gasteiger partial charge on any atom is 1.00 e. The second-order valence-electron chi connectivity index (χ2n) is 28.8. The van der Waals surface area contributed by atoms with Crippen LogP contribution in [0.5, 0.6) is 0 Å². The summed E-state index contributed by atoms with van der Waals surface area (Å²) < 4.78 is 121. The van der Waals surface area contributed by atoms with E-state index < -0.39 is 225 Å². The maximum atomic E-state index is 12.5. The zero-order chi connectivity index (χ0) is 66.9. The first kappa shape index (κ1) is 75.2. The van der Waals surface area contributed by atoms with Gasteiger partial charge in [-0.25, -0.2) is 8.42 Å². The molecule has 3 saturated carbocycles. The fourth-order valence-electron chi connectivity index (χ4n) is 17.1. The molecule has 7 saturated heterocycles. The quantitative estimate of drug-likeness (QED) is 0.0212. The Balaban J connectivity index is 0.00000946. The molecule has 0 spiro atoms. The van der Waals surface area contributed by atoms with E-state index in [2.05, 4.69) is 33.8 Å². The molecule has 39 atom stereocenters. The van der Waals surface area contributed by atoms with E-state index in [-0.39, 0.29) is 83.7 Å². The van der Waals surface area contributed by atoms with Crippen LogP contribution in [0, 0.1) is 40.4 Å². The van der Waals surface area contributed by atoms with Crippen LogP contribution in [0.15, 0.2) is 11.6 Å². The number of hydrogen-bond donors (Lipinski definition) is 14. The van der Waals surface area contributed by atoms with Gasteiger partial charge in [0.1, 0.15) is 116 Å². The van der Waals surface area contributed by atoms with Crippen LogP contribution in [0.25, 0.3) is 0 Å². The van der Waals surface area contributed by atoms with Gasteiger partial charge >= 0.3 is 29.6 Å². The molecular formula is C60H97NaO31S. The molecule has 11 aliphatic rings. The average Bonchev–Trinajstić information content (AvgIpc) is 1.64. The Morgan fingerprint density at radius 3 is 1.65 bits per heavy atom. The molecule has 0 amide bonds. The molecule has 7 aliphatic heterocycles. The normalized spacial score (nSPS) is 54.2. The van der Waals surface area contributed by atoms with Crippen LogP contribution in [0.1, 0.15) is 107 Å². The van der Waals surface area contributed by atoms with Crippen molar-refractivity contribution in [1.29, 1.82) is 0 Å². The van der Waals surface area contributed by atoms with Crippen molar-refractivity contribution >= 4 is 10.4 Å². The topological polar surface area (TPSA) is 473 Å². The molecule has 530 valence electrons. The molecule has 0 aromatic carbocycles. The Bertz CT molecular complexity index is 2670. The first-order valence-electron chi connectivity index (χ1n) is 32.4. The molecule has 1 unspecified atom stereocenters. The summed E-state index contributed by atoms with van der Waals surface area (Å²) in [7, 11) is -5.13. The van der Waals surface area contributed by atoms with Gasteiger partial charge in [-0.15, -0.1) is 0 Å². The smallest absolute Gasteiger partial charge is 0.726 e. The minimum atomic E-state index is -5.13. The fourth-order valence-corrected chi connectivity index (χ4v) is 17.6. The third kappa shape index (κ3) is 14.4. The third-order valence-corrected chi connectivity index (χ3v) is 23.0. The summed E-state index contributed by atoms with van der Waals surface area (Å²) in [5, 5.41) is 158. The maximum absolute atomic E-state index is 12.5. The van der Waals surface area contributed by atoms with E-state index in [4.69, 9.17) is 65.8 Å². The minimum absolute atomic E-state index is 0. The number of epoxide rings is 1. The summed E-state index contributed by atoms with van der Waals surface area (Å²) in [6.45, 7) is 14.8. The molecule has 0 aromatic rings. The molecule has 4 aliphatic carbocycles. The summed E-state index contributed by atoms with van der Waals surface area (Å²) in [5.41, 5.74) is -0.990. The summed E-state index contributed by atoms with van der Waals surface area (Å²) in [4.78, 5) is 0. The van der Waals surface area contributed by atoms with Crippen molar-refractivity contribution in [3.05, 3.63) is 11.6 Å². The molecule has 0 radical (unpaired) electrons. The molecule has 93 heavy (non-hydrogen) atoms. The number of hydrogen-bond acceptors (Lipinski definition) is 31. The summed E-state index contributed by atoms with van der Waals surface area (Å²) in [6, 6.07) is 0. The third-order valence-electron chi connectivity index (χ3n) is 22.5. The van der Waals surface area contributed by atoms with Crippen LogP contribution in [0.3, 0.4) is 0 Å². The van der Waals surface area contributed by atoms with E-state index in [1.165, 1.54) is 33.3 Å². The Morgan fingerprint density at radius 1 is 0.548 bits per heavy atom. The van der Waals surface area contributed by atoms with Crippen LogP contribution in [0.4, 0.5) is 0 Å². The van der Waals surface area contributed by atoms with Gasteiger partial charge in [-0.1, -0.05) is 39.3 Å². The van der Waals surface area contributed by atoms with Gasteiger partial charge in [0.2, 0.25) is 10.4 Å². The second kappa shape index (κ2) is 28.8. The number of fused-ring (bicyclic) bond motifs is 5. The predicted molar refractivity (Wildman–Crippen MR) is 303 cm³/mol. The Morgan fingerprint density at radius 2 is 1.05 bits per heavy atom. The summed E-state index contributed by atoms with van der Waals surface area (Å²) >= 11 is 0. The van der Waals surface area contributed by atoms with Crippen molar-refractivity contribution in [2.75, 3.05) is 13.2 Å². The monoisotopic (exact) mass is 1370 g/mol. The molecule has 11 rings (SSSR count). The Labute approximate surface area is 561 Å². The zero-order valence-corrected chi connectivity index (χ0v) is 56.7.